The van der Waals surface area contributed by atoms with Crippen LogP contribution in [0.5, 0.6) is 5.75 Å². The van der Waals surface area contributed by atoms with Crippen molar-refractivity contribution < 1.29 is 28.6 Å². The predicted octanol–water partition coefficient (Wildman–Crippen LogP) is 2.59. The predicted molar refractivity (Wildman–Crippen MR) is 116 cm³/mol. The van der Waals surface area contributed by atoms with Gasteiger partial charge in [-0.2, -0.15) is 0 Å². The van der Waals surface area contributed by atoms with E-state index in [-0.39, 0.29) is 23.4 Å². The van der Waals surface area contributed by atoms with Crippen molar-refractivity contribution in [2.45, 2.75) is 6.04 Å². The second-order valence-corrected chi connectivity index (χ2v) is 7.70. The van der Waals surface area contributed by atoms with Crippen molar-refractivity contribution in [1.29, 1.82) is 0 Å². The fourth-order valence-corrected chi connectivity index (χ4v) is 4.11. The quantitative estimate of drug-likeness (QED) is 0.423. The molecule has 0 aliphatic carbocycles. The van der Waals surface area contributed by atoms with E-state index >= 15 is 0 Å². The number of benzene rings is 2. The lowest BCUT2D eigenvalue weighted by atomic mass is 9.95. The summed E-state index contributed by atoms with van der Waals surface area (Å²) in [5.41, 5.74) is 0.398. The monoisotopic (exact) mass is 440 g/mol. The smallest absolute Gasteiger partial charge is 0.295 e. The molecule has 2 heterocycles. The molecule has 168 valence electrons. The highest BCUT2D eigenvalue weighted by Gasteiger charge is 2.46. The van der Waals surface area contributed by atoms with Crippen molar-refractivity contribution in [2.75, 3.05) is 46.5 Å². The molecule has 32 heavy (non-hydrogen) atoms. The molecule has 7 nitrogen and oxygen atoms in total. The van der Waals surface area contributed by atoms with Gasteiger partial charge >= 0.3 is 0 Å². The van der Waals surface area contributed by atoms with Crippen LogP contribution >= 0.6 is 0 Å². The van der Waals surface area contributed by atoms with Crippen LogP contribution in [0.15, 0.2) is 54.1 Å². The van der Waals surface area contributed by atoms with Gasteiger partial charge in [0.2, 0.25) is 0 Å². The highest BCUT2D eigenvalue weighted by Crippen LogP contribution is 2.40. The number of morpholine rings is 1. The molecular weight excluding hydrogens is 415 g/mol. The van der Waals surface area contributed by atoms with Crippen LogP contribution < -0.4 is 4.74 Å². The van der Waals surface area contributed by atoms with Crippen molar-refractivity contribution in [3.05, 3.63) is 71.0 Å². The Hall–Kier alpha value is -3.23. The van der Waals surface area contributed by atoms with E-state index < -0.39 is 23.5 Å². The van der Waals surface area contributed by atoms with Crippen molar-refractivity contribution in [3.8, 4) is 5.75 Å². The van der Waals surface area contributed by atoms with Gasteiger partial charge in [-0.15, -0.1) is 0 Å². The normalized spacial score (nSPS) is 21.2. The van der Waals surface area contributed by atoms with E-state index in [4.69, 9.17) is 9.47 Å². The molecule has 2 aliphatic rings. The molecule has 2 saturated heterocycles. The minimum atomic E-state index is -1.01. The van der Waals surface area contributed by atoms with Gasteiger partial charge in [-0.3, -0.25) is 14.5 Å². The molecule has 2 aromatic carbocycles. The highest BCUT2D eigenvalue weighted by molar-refractivity contribution is 6.46. The summed E-state index contributed by atoms with van der Waals surface area (Å²) < 4.78 is 25.3. The fourth-order valence-electron chi connectivity index (χ4n) is 4.11. The van der Waals surface area contributed by atoms with E-state index in [1.807, 2.05) is 0 Å². The number of carbonyl (C=O) groups is 2. The van der Waals surface area contributed by atoms with Crippen LogP contribution in [0.3, 0.4) is 0 Å². The average Bonchev–Trinajstić information content (AvgIpc) is 3.08. The first-order chi connectivity index (χ1) is 15.5. The first-order valence-electron chi connectivity index (χ1n) is 10.5. The SMILES string of the molecule is COc1ccc(/C(O)=C2\C(=O)C(=O)N(CCN3CCOCC3)[C@@H]2c2ccccc2F)cc1. The Morgan fingerprint density at radius 3 is 2.44 bits per heavy atom. The third-order valence-electron chi connectivity index (χ3n) is 5.86. The number of likely N-dealkylation sites (tertiary alicyclic amines) is 1. The Morgan fingerprint density at radius 1 is 1.09 bits per heavy atom. The number of Topliss-reactive ketones (excluding diaryl/α,β-unsaturated/α-hetero) is 1. The van der Waals surface area contributed by atoms with Gasteiger partial charge in [0.05, 0.1) is 31.9 Å². The van der Waals surface area contributed by atoms with Gasteiger partial charge in [-0.25, -0.2) is 4.39 Å². The van der Waals surface area contributed by atoms with E-state index in [2.05, 4.69) is 4.90 Å². The van der Waals surface area contributed by atoms with Gasteiger partial charge in [-0.1, -0.05) is 18.2 Å². The van der Waals surface area contributed by atoms with Crippen LogP contribution in [0, 0.1) is 5.82 Å². The van der Waals surface area contributed by atoms with Crippen molar-refractivity contribution in [1.82, 2.24) is 9.80 Å². The van der Waals surface area contributed by atoms with Crippen molar-refractivity contribution in [3.63, 3.8) is 0 Å². The topological polar surface area (TPSA) is 79.3 Å². The molecule has 1 amide bonds. The van der Waals surface area contributed by atoms with Gasteiger partial charge in [0.15, 0.2) is 0 Å². The molecule has 0 unspecified atom stereocenters. The molecule has 0 spiro atoms. The number of amides is 1. The molecule has 1 atom stereocenters. The maximum absolute atomic E-state index is 14.8. The number of aliphatic hydroxyl groups is 1. The molecule has 4 rings (SSSR count). The summed E-state index contributed by atoms with van der Waals surface area (Å²) >= 11 is 0. The summed E-state index contributed by atoms with van der Waals surface area (Å²) in [6.07, 6.45) is 0. The summed E-state index contributed by atoms with van der Waals surface area (Å²) in [6.45, 7) is 3.40. The molecule has 1 N–H and O–H groups in total. The molecular formula is C24H25FN2O5. The zero-order valence-corrected chi connectivity index (χ0v) is 17.8. The van der Waals surface area contributed by atoms with Gasteiger partial charge in [0.1, 0.15) is 17.3 Å². The van der Waals surface area contributed by atoms with Crippen LogP contribution in [0.25, 0.3) is 5.76 Å². The zero-order chi connectivity index (χ0) is 22.7. The molecule has 2 fully saturated rings. The number of hydrogen-bond acceptors (Lipinski definition) is 6. The molecule has 0 saturated carbocycles. The Balaban J connectivity index is 1.74. The number of nitrogens with zero attached hydrogens (tertiary/aromatic N) is 2. The van der Waals surface area contributed by atoms with Crippen LogP contribution in [-0.4, -0.2) is 73.1 Å². The third-order valence-corrected chi connectivity index (χ3v) is 5.86. The summed E-state index contributed by atoms with van der Waals surface area (Å²) in [5, 5.41) is 11.0. The van der Waals surface area contributed by atoms with Gasteiger partial charge in [0.25, 0.3) is 11.7 Å². The summed E-state index contributed by atoms with van der Waals surface area (Å²) in [4.78, 5) is 29.5. The largest absolute Gasteiger partial charge is 0.507 e. The lowest BCUT2D eigenvalue weighted by molar-refractivity contribution is -0.140. The summed E-state index contributed by atoms with van der Waals surface area (Å²) in [7, 11) is 1.52. The number of rotatable bonds is 6. The number of ketones is 1. The number of hydrogen-bond donors (Lipinski definition) is 1. The van der Waals surface area contributed by atoms with Gasteiger partial charge in [-0.05, 0) is 30.3 Å². The van der Waals surface area contributed by atoms with Gasteiger partial charge < -0.3 is 19.5 Å². The molecule has 2 aromatic rings. The highest BCUT2D eigenvalue weighted by atomic mass is 19.1. The van der Waals surface area contributed by atoms with E-state index in [9.17, 15) is 19.1 Å². The zero-order valence-electron chi connectivity index (χ0n) is 17.8. The fraction of sp³-hybridized carbons (Fsp3) is 0.333. The Labute approximate surface area is 185 Å². The number of halogens is 1. The maximum atomic E-state index is 14.8. The van der Waals surface area contributed by atoms with Crippen molar-refractivity contribution >= 4 is 17.4 Å². The number of ether oxygens (including phenoxy) is 2. The lowest BCUT2D eigenvalue weighted by Gasteiger charge is -2.31. The molecule has 0 bridgehead atoms. The van der Waals surface area contributed by atoms with E-state index in [0.29, 0.717) is 31.1 Å². The number of methoxy groups -OCH3 is 1. The first-order valence-corrected chi connectivity index (χ1v) is 10.5. The Kier molecular flexibility index (Phi) is 6.53. The number of carbonyl (C=O) groups excluding carboxylic acids is 2. The van der Waals surface area contributed by atoms with Crippen LogP contribution in [0.2, 0.25) is 0 Å². The van der Waals surface area contributed by atoms with Crippen LogP contribution in [0.4, 0.5) is 4.39 Å². The van der Waals surface area contributed by atoms with Crippen molar-refractivity contribution in [2.24, 2.45) is 0 Å². The maximum Gasteiger partial charge on any atom is 0.295 e. The first kappa shape index (κ1) is 22.0. The second kappa shape index (κ2) is 9.50. The molecule has 2 aliphatic heterocycles. The standard InChI is InChI=1S/C24H25FN2O5/c1-31-17-8-6-16(7-9-17)22(28)20-21(18-4-2-3-5-19(18)25)27(24(30)23(20)29)11-10-26-12-14-32-15-13-26/h2-9,21,28H,10-15H2,1H3/b22-20+/t21-/m1/s1. The summed E-state index contributed by atoms with van der Waals surface area (Å²) in [6, 6.07) is 11.5. The average molecular weight is 440 g/mol. The third kappa shape index (κ3) is 4.24. The second-order valence-electron chi connectivity index (χ2n) is 7.70. The summed E-state index contributed by atoms with van der Waals surface area (Å²) in [5.74, 6) is -1.88. The molecule has 8 heteroatoms. The lowest BCUT2D eigenvalue weighted by Crippen LogP contribution is -2.42. The van der Waals surface area contributed by atoms with Crippen LogP contribution in [-0.2, 0) is 14.3 Å². The van der Waals surface area contributed by atoms with Crippen LogP contribution in [0.1, 0.15) is 17.2 Å². The van der Waals surface area contributed by atoms with E-state index in [1.54, 1.807) is 36.4 Å². The number of aliphatic hydroxyl groups excluding tert-OH is 1. The Morgan fingerprint density at radius 2 is 1.78 bits per heavy atom. The van der Waals surface area contributed by atoms with E-state index in [1.165, 1.54) is 24.1 Å². The minimum absolute atomic E-state index is 0.118. The minimum Gasteiger partial charge on any atom is -0.507 e. The van der Waals surface area contributed by atoms with Gasteiger partial charge in [0, 0.05) is 37.3 Å². The Bertz CT molecular complexity index is 1030. The van der Waals surface area contributed by atoms with E-state index in [0.717, 1.165) is 13.1 Å². The molecule has 0 aromatic heterocycles. The molecule has 0 radical (unpaired) electrons.